The zero-order valence-corrected chi connectivity index (χ0v) is 10.3. The first-order chi connectivity index (χ1) is 7.45. The summed E-state index contributed by atoms with van der Waals surface area (Å²) in [6, 6.07) is 6.02. The van der Waals surface area contributed by atoms with Crippen LogP contribution in [-0.4, -0.2) is 31.4 Å². The number of anilines is 1. The normalized spacial score (nSPS) is 19.8. The zero-order chi connectivity index (χ0) is 11.9. The van der Waals surface area contributed by atoms with Crippen LogP contribution >= 0.6 is 0 Å². The predicted octanol–water partition coefficient (Wildman–Crippen LogP) is 2.00. The van der Waals surface area contributed by atoms with Crippen LogP contribution in [0.3, 0.4) is 0 Å². The minimum absolute atomic E-state index is 0.101. The summed E-state index contributed by atoms with van der Waals surface area (Å²) in [7, 11) is 3.72. The van der Waals surface area contributed by atoms with Crippen molar-refractivity contribution in [1.82, 2.24) is 0 Å². The Morgan fingerprint density at radius 1 is 1.44 bits per heavy atom. The van der Waals surface area contributed by atoms with Crippen LogP contribution in [-0.2, 0) is 0 Å². The van der Waals surface area contributed by atoms with Crippen molar-refractivity contribution in [3.05, 3.63) is 23.8 Å². The van der Waals surface area contributed by atoms with E-state index in [0.29, 0.717) is 0 Å². The van der Waals surface area contributed by atoms with E-state index in [0.717, 1.165) is 23.5 Å². The summed E-state index contributed by atoms with van der Waals surface area (Å²) < 4.78 is 5.39. The average molecular weight is 221 g/mol. The van der Waals surface area contributed by atoms with Gasteiger partial charge in [-0.15, -0.1) is 0 Å². The molecule has 16 heavy (non-hydrogen) atoms. The molecule has 88 valence electrons. The third-order valence-electron chi connectivity index (χ3n) is 3.33. The Hall–Kier alpha value is -1.22. The minimum Gasteiger partial charge on any atom is -0.496 e. The zero-order valence-electron chi connectivity index (χ0n) is 10.3. The number of aliphatic hydroxyl groups is 1. The third-order valence-corrected chi connectivity index (χ3v) is 3.33. The van der Waals surface area contributed by atoms with E-state index in [4.69, 9.17) is 4.74 Å². The van der Waals surface area contributed by atoms with Crippen molar-refractivity contribution in [3.63, 3.8) is 0 Å². The second-order valence-electron chi connectivity index (χ2n) is 4.98. The molecule has 3 heteroatoms. The van der Waals surface area contributed by atoms with Gasteiger partial charge in [0.05, 0.1) is 12.7 Å². The second-order valence-corrected chi connectivity index (χ2v) is 4.98. The molecule has 0 bridgehead atoms. The Bertz CT molecular complexity index is 395. The smallest absolute Gasteiger partial charge is 0.124 e. The molecule has 1 N–H and O–H groups in total. The molecule has 1 aliphatic rings. The van der Waals surface area contributed by atoms with Gasteiger partial charge in [0, 0.05) is 30.8 Å². The molecule has 0 aromatic heterocycles. The van der Waals surface area contributed by atoms with Gasteiger partial charge in [-0.2, -0.15) is 0 Å². The van der Waals surface area contributed by atoms with Gasteiger partial charge >= 0.3 is 0 Å². The van der Waals surface area contributed by atoms with E-state index in [1.54, 1.807) is 7.11 Å². The van der Waals surface area contributed by atoms with E-state index in [1.807, 2.05) is 33.0 Å². The first-order valence-electron chi connectivity index (χ1n) is 5.55. The number of likely N-dealkylation sites (N-methyl/N-ethyl adjacent to an activating group) is 1. The molecule has 2 rings (SSSR count). The molecule has 1 atom stereocenters. The van der Waals surface area contributed by atoms with Crippen molar-refractivity contribution in [2.75, 3.05) is 25.6 Å². The molecule has 1 aromatic rings. The monoisotopic (exact) mass is 221 g/mol. The van der Waals surface area contributed by atoms with Crippen LogP contribution in [0.5, 0.6) is 5.75 Å². The molecule has 1 aliphatic heterocycles. The third kappa shape index (κ3) is 1.65. The number of benzene rings is 1. The minimum atomic E-state index is -0.728. The maximum Gasteiger partial charge on any atom is 0.124 e. The maximum absolute atomic E-state index is 10.2. The second kappa shape index (κ2) is 3.67. The molecule has 0 aliphatic carbocycles. The summed E-state index contributed by atoms with van der Waals surface area (Å²) in [5, 5.41) is 10.2. The van der Waals surface area contributed by atoms with E-state index in [2.05, 4.69) is 11.0 Å². The summed E-state index contributed by atoms with van der Waals surface area (Å²) in [6.45, 7) is 4.54. The van der Waals surface area contributed by atoms with E-state index in [-0.39, 0.29) is 5.92 Å². The first kappa shape index (κ1) is 11.3. The molecule has 0 spiro atoms. The quantitative estimate of drug-likeness (QED) is 0.829. The number of hydrogen-bond acceptors (Lipinski definition) is 3. The molecule has 0 saturated heterocycles. The number of ether oxygens (including phenoxy) is 1. The van der Waals surface area contributed by atoms with E-state index in [9.17, 15) is 5.11 Å². The highest BCUT2D eigenvalue weighted by Crippen LogP contribution is 2.45. The highest BCUT2D eigenvalue weighted by Gasteiger charge is 2.38. The van der Waals surface area contributed by atoms with Crippen LogP contribution in [0.25, 0.3) is 0 Å². The van der Waals surface area contributed by atoms with Gasteiger partial charge in [-0.05, 0) is 26.0 Å². The fourth-order valence-electron chi connectivity index (χ4n) is 2.43. The molecular weight excluding hydrogens is 202 g/mol. The lowest BCUT2D eigenvalue weighted by atomic mass is 9.86. The summed E-state index contributed by atoms with van der Waals surface area (Å²) >= 11 is 0. The molecule has 0 saturated carbocycles. The molecule has 0 radical (unpaired) electrons. The lowest BCUT2D eigenvalue weighted by molar-refractivity contribution is 0.0543. The molecule has 0 amide bonds. The van der Waals surface area contributed by atoms with Crippen molar-refractivity contribution in [2.45, 2.75) is 25.4 Å². The number of fused-ring (bicyclic) bond motifs is 1. The summed E-state index contributed by atoms with van der Waals surface area (Å²) in [5.41, 5.74) is 1.56. The van der Waals surface area contributed by atoms with Gasteiger partial charge in [0.25, 0.3) is 0 Å². The van der Waals surface area contributed by atoms with Gasteiger partial charge in [-0.25, -0.2) is 0 Å². The SMILES string of the molecule is COc1cccc2c1C(C(C)(C)O)CN2C. The first-order valence-corrected chi connectivity index (χ1v) is 5.55. The molecule has 1 aromatic carbocycles. The topological polar surface area (TPSA) is 32.7 Å². The fourth-order valence-corrected chi connectivity index (χ4v) is 2.43. The Labute approximate surface area is 96.6 Å². The van der Waals surface area contributed by atoms with Crippen LogP contribution in [0.4, 0.5) is 5.69 Å². The molecule has 1 unspecified atom stereocenters. The molecule has 3 nitrogen and oxygen atoms in total. The van der Waals surface area contributed by atoms with E-state index < -0.39 is 5.60 Å². The van der Waals surface area contributed by atoms with Gasteiger partial charge in [0.15, 0.2) is 0 Å². The molecule has 1 heterocycles. The highest BCUT2D eigenvalue weighted by atomic mass is 16.5. The van der Waals surface area contributed by atoms with Gasteiger partial charge in [-0.1, -0.05) is 6.07 Å². The summed E-state index contributed by atoms with van der Waals surface area (Å²) in [5.74, 6) is 0.970. The van der Waals surface area contributed by atoms with Gasteiger partial charge in [0.1, 0.15) is 5.75 Å². The van der Waals surface area contributed by atoms with Crippen LogP contribution in [0, 0.1) is 0 Å². The summed E-state index contributed by atoms with van der Waals surface area (Å²) in [4.78, 5) is 2.17. The van der Waals surface area contributed by atoms with Crippen molar-refractivity contribution in [1.29, 1.82) is 0 Å². The van der Waals surface area contributed by atoms with E-state index in [1.165, 1.54) is 0 Å². The average Bonchev–Trinajstić information content (AvgIpc) is 2.56. The Kier molecular flexibility index (Phi) is 2.58. The van der Waals surface area contributed by atoms with E-state index >= 15 is 0 Å². The number of nitrogens with zero attached hydrogens (tertiary/aromatic N) is 1. The van der Waals surface area contributed by atoms with Gasteiger partial charge in [0.2, 0.25) is 0 Å². The van der Waals surface area contributed by atoms with Crippen molar-refractivity contribution >= 4 is 5.69 Å². The van der Waals surface area contributed by atoms with Crippen molar-refractivity contribution < 1.29 is 9.84 Å². The van der Waals surface area contributed by atoms with Crippen LogP contribution in [0.15, 0.2) is 18.2 Å². The number of hydrogen-bond donors (Lipinski definition) is 1. The Morgan fingerprint density at radius 3 is 2.69 bits per heavy atom. The standard InChI is InChI=1S/C13H19NO2/c1-13(2,15)9-8-14(3)10-6-5-7-11(16-4)12(9)10/h5-7,9,15H,8H2,1-4H3. The van der Waals surface area contributed by atoms with Gasteiger partial charge < -0.3 is 14.7 Å². The number of rotatable bonds is 2. The van der Waals surface area contributed by atoms with Crippen molar-refractivity contribution in [3.8, 4) is 5.75 Å². The van der Waals surface area contributed by atoms with Gasteiger partial charge in [-0.3, -0.25) is 0 Å². The highest BCUT2D eigenvalue weighted by molar-refractivity contribution is 5.65. The lowest BCUT2D eigenvalue weighted by Crippen LogP contribution is -2.32. The summed E-state index contributed by atoms with van der Waals surface area (Å²) in [6.07, 6.45) is 0. The Morgan fingerprint density at radius 2 is 2.12 bits per heavy atom. The number of methoxy groups -OCH3 is 1. The van der Waals surface area contributed by atoms with Crippen LogP contribution in [0.2, 0.25) is 0 Å². The molecular formula is C13H19NO2. The van der Waals surface area contributed by atoms with Crippen molar-refractivity contribution in [2.24, 2.45) is 0 Å². The fraction of sp³-hybridized carbons (Fsp3) is 0.538. The predicted molar refractivity (Wildman–Crippen MR) is 65.3 cm³/mol. The molecule has 0 fully saturated rings. The Balaban J connectivity index is 2.54. The largest absolute Gasteiger partial charge is 0.496 e. The lowest BCUT2D eigenvalue weighted by Gasteiger charge is -2.26. The van der Waals surface area contributed by atoms with Crippen LogP contribution < -0.4 is 9.64 Å². The van der Waals surface area contributed by atoms with Crippen LogP contribution in [0.1, 0.15) is 25.3 Å². The maximum atomic E-state index is 10.2.